The van der Waals surface area contributed by atoms with Crippen LogP contribution in [-0.2, 0) is 51.2 Å². The average Bonchev–Trinajstić information content (AvgIpc) is 3.63. The number of nitrogens with one attached hydrogen (secondary N) is 6. The summed E-state index contributed by atoms with van der Waals surface area (Å²) in [6.45, 7) is 4.77. The molecular formula is C37H52N8O8. The summed E-state index contributed by atoms with van der Waals surface area (Å²) < 4.78 is 0. The number of aromatic nitrogens is 2. The molecule has 1 aromatic heterocycles. The van der Waals surface area contributed by atoms with Crippen molar-refractivity contribution in [2.75, 3.05) is 6.54 Å². The highest BCUT2D eigenvalue weighted by Gasteiger charge is 2.33. The Morgan fingerprint density at radius 2 is 1.66 bits per heavy atom. The third kappa shape index (κ3) is 14.3. The Morgan fingerprint density at radius 3 is 2.30 bits per heavy atom. The van der Waals surface area contributed by atoms with Gasteiger partial charge in [0.25, 0.3) is 0 Å². The Kier molecular flexibility index (Phi) is 16.8. The number of aromatic amines is 1. The summed E-state index contributed by atoms with van der Waals surface area (Å²) in [6, 6.07) is 4.34. The van der Waals surface area contributed by atoms with Crippen molar-refractivity contribution in [1.29, 1.82) is 0 Å². The van der Waals surface area contributed by atoms with Crippen molar-refractivity contribution in [3.8, 4) is 0 Å². The lowest BCUT2D eigenvalue weighted by atomic mass is 9.88. The molecule has 0 radical (unpaired) electrons. The molecule has 16 heteroatoms. The molecule has 0 saturated carbocycles. The van der Waals surface area contributed by atoms with Crippen molar-refractivity contribution in [2.24, 2.45) is 17.6 Å². The molecule has 288 valence electrons. The van der Waals surface area contributed by atoms with Gasteiger partial charge in [-0.1, -0.05) is 57.0 Å². The predicted molar refractivity (Wildman–Crippen MR) is 193 cm³/mol. The molecule has 53 heavy (non-hydrogen) atoms. The predicted octanol–water partition coefficient (Wildman–Crippen LogP) is 0.300. The molecule has 1 aliphatic heterocycles. The van der Waals surface area contributed by atoms with Gasteiger partial charge in [-0.15, -0.1) is 0 Å². The molecular weight excluding hydrogens is 684 g/mol. The second-order valence-corrected chi connectivity index (χ2v) is 13.6. The van der Waals surface area contributed by atoms with E-state index in [0.29, 0.717) is 18.5 Å². The van der Waals surface area contributed by atoms with Crippen molar-refractivity contribution in [2.45, 2.75) is 109 Å². The van der Waals surface area contributed by atoms with E-state index in [2.05, 4.69) is 36.6 Å². The number of benzene rings is 1. The van der Waals surface area contributed by atoms with Gasteiger partial charge in [0, 0.05) is 62.9 Å². The molecule has 0 spiro atoms. The maximum atomic E-state index is 14.0. The van der Waals surface area contributed by atoms with E-state index in [4.69, 9.17) is 5.73 Å². The number of carbonyl (C=O) groups excluding carboxylic acids is 8. The number of carbonyl (C=O) groups is 8. The van der Waals surface area contributed by atoms with E-state index in [1.54, 1.807) is 31.2 Å². The van der Waals surface area contributed by atoms with Gasteiger partial charge in [0.05, 0.1) is 12.4 Å². The summed E-state index contributed by atoms with van der Waals surface area (Å²) in [5.41, 5.74) is 6.82. The van der Waals surface area contributed by atoms with Crippen molar-refractivity contribution < 1.29 is 38.4 Å². The normalized spacial score (nSPS) is 23.2. The first-order valence-electron chi connectivity index (χ1n) is 18.1. The minimum absolute atomic E-state index is 0.00169. The molecule has 3 rings (SSSR count). The maximum absolute atomic E-state index is 14.0. The van der Waals surface area contributed by atoms with E-state index in [1.807, 2.05) is 13.0 Å². The van der Waals surface area contributed by atoms with Crippen LogP contribution >= 0.6 is 0 Å². The van der Waals surface area contributed by atoms with Crippen LogP contribution in [0.3, 0.4) is 0 Å². The summed E-state index contributed by atoms with van der Waals surface area (Å²) in [4.78, 5) is 112. The second kappa shape index (κ2) is 21.2. The summed E-state index contributed by atoms with van der Waals surface area (Å²) >= 11 is 0. The Morgan fingerprint density at radius 1 is 0.943 bits per heavy atom. The molecule has 8 N–H and O–H groups in total. The van der Waals surface area contributed by atoms with Gasteiger partial charge in [-0.05, 0) is 31.2 Å². The van der Waals surface area contributed by atoms with Gasteiger partial charge >= 0.3 is 0 Å². The number of amides is 6. The number of imidazole rings is 1. The molecule has 1 aromatic carbocycles. The van der Waals surface area contributed by atoms with Crippen LogP contribution in [0, 0.1) is 11.8 Å². The highest BCUT2D eigenvalue weighted by atomic mass is 16.2. The van der Waals surface area contributed by atoms with Gasteiger partial charge in [0.2, 0.25) is 35.4 Å². The molecule has 1 saturated heterocycles. The topological polar surface area (TPSA) is 251 Å². The monoisotopic (exact) mass is 736 g/mol. The standard InChI is InChI=1S/C37H52N8O8/c1-4-5-11-27(42-23(3)46)35(51)43-28-12-13-33(49)40-15-14-25(34(38)50)18-31(47)22(2)16-32(48)29(17-24-9-7-6-8-10-24)44-37(53)30(45-36(28)52)19-26-20-39-21-41-26/h6-10,20-22,25,27-30H,4-5,11-19H2,1-3H3,(H2,38,50)(H,39,41)(H,40,49)(H,42,46)(H,43,51)(H,44,53)(H,45,52)/t22-,25-,27?,28+,29-,30+/m1/s1. The smallest absolute Gasteiger partial charge is 0.243 e. The van der Waals surface area contributed by atoms with Crippen LogP contribution in [0.15, 0.2) is 42.9 Å². The summed E-state index contributed by atoms with van der Waals surface area (Å²) in [5, 5.41) is 13.4. The van der Waals surface area contributed by atoms with E-state index in [-0.39, 0.29) is 57.3 Å². The van der Waals surface area contributed by atoms with E-state index in [1.165, 1.54) is 19.4 Å². The molecule has 6 amide bonds. The SMILES string of the molecule is CCCCC(NC(C)=O)C(=O)N[C@H]1CCC(=O)NCC[C@@H](C(N)=O)CC(=O)[C@H](C)CC(=O)[C@@H](Cc2ccccc2)NC(=O)[C@H](Cc2cnc[nH]2)NC1=O. The van der Waals surface area contributed by atoms with Gasteiger partial charge in [0.15, 0.2) is 5.78 Å². The lowest BCUT2D eigenvalue weighted by molar-refractivity contribution is -0.135. The van der Waals surface area contributed by atoms with Crippen LogP contribution < -0.4 is 32.3 Å². The lowest BCUT2D eigenvalue weighted by Crippen LogP contribution is -2.58. The van der Waals surface area contributed by atoms with Gasteiger partial charge in [-0.2, -0.15) is 0 Å². The minimum atomic E-state index is -1.32. The molecule has 0 aliphatic carbocycles. The number of nitrogens with two attached hydrogens (primary N) is 1. The number of rotatable bonds is 11. The Balaban J connectivity index is 2.00. The lowest BCUT2D eigenvalue weighted by Gasteiger charge is -2.26. The molecule has 2 heterocycles. The zero-order valence-corrected chi connectivity index (χ0v) is 30.6. The number of ketones is 2. The average molecular weight is 737 g/mol. The van der Waals surface area contributed by atoms with Crippen LogP contribution in [0.1, 0.15) is 83.4 Å². The van der Waals surface area contributed by atoms with E-state index >= 15 is 0 Å². The first-order chi connectivity index (χ1) is 25.3. The Hall–Kier alpha value is -5.41. The van der Waals surface area contributed by atoms with E-state index in [0.717, 1.165) is 12.0 Å². The summed E-state index contributed by atoms with van der Waals surface area (Å²) in [5.74, 6) is -6.31. The van der Waals surface area contributed by atoms with Crippen LogP contribution in [0.25, 0.3) is 0 Å². The molecule has 2 aromatic rings. The van der Waals surface area contributed by atoms with Gasteiger partial charge < -0.3 is 37.3 Å². The number of hydrogen-bond acceptors (Lipinski definition) is 9. The fraction of sp³-hybridized carbons (Fsp3) is 0.541. The highest BCUT2D eigenvalue weighted by molar-refractivity contribution is 5.97. The van der Waals surface area contributed by atoms with Crippen molar-refractivity contribution >= 4 is 47.0 Å². The third-order valence-electron chi connectivity index (χ3n) is 9.15. The first-order valence-corrected chi connectivity index (χ1v) is 18.1. The number of hydrogen-bond donors (Lipinski definition) is 7. The highest BCUT2D eigenvalue weighted by Crippen LogP contribution is 2.18. The van der Waals surface area contributed by atoms with Crippen LogP contribution in [0.5, 0.6) is 0 Å². The molecule has 1 unspecified atom stereocenters. The zero-order valence-electron chi connectivity index (χ0n) is 30.6. The fourth-order valence-corrected chi connectivity index (χ4v) is 6.03. The number of H-pyrrole nitrogens is 1. The molecule has 1 fully saturated rings. The first kappa shape index (κ1) is 42.0. The Bertz CT molecular complexity index is 1580. The maximum Gasteiger partial charge on any atom is 0.243 e. The van der Waals surface area contributed by atoms with E-state index < -0.39 is 77.2 Å². The van der Waals surface area contributed by atoms with Gasteiger partial charge in [-0.25, -0.2) is 4.98 Å². The summed E-state index contributed by atoms with van der Waals surface area (Å²) in [6.07, 6.45) is 3.73. The number of nitrogens with zero attached hydrogens (tertiary/aromatic N) is 1. The molecule has 0 bridgehead atoms. The largest absolute Gasteiger partial charge is 0.369 e. The number of unbranched alkanes of at least 4 members (excludes halogenated alkanes) is 1. The summed E-state index contributed by atoms with van der Waals surface area (Å²) in [7, 11) is 0. The second-order valence-electron chi connectivity index (χ2n) is 13.6. The van der Waals surface area contributed by atoms with Crippen molar-refractivity contribution in [1.82, 2.24) is 36.6 Å². The number of Topliss-reactive ketones (excluding diaryl/α,β-unsaturated/α-hetero) is 2. The minimum Gasteiger partial charge on any atom is -0.369 e. The Labute approximate surface area is 309 Å². The van der Waals surface area contributed by atoms with E-state index in [9.17, 15) is 38.4 Å². The van der Waals surface area contributed by atoms with Crippen molar-refractivity contribution in [3.05, 3.63) is 54.1 Å². The zero-order chi connectivity index (χ0) is 38.9. The molecule has 1 aliphatic rings. The van der Waals surface area contributed by atoms with Crippen LogP contribution in [0.4, 0.5) is 0 Å². The van der Waals surface area contributed by atoms with Crippen molar-refractivity contribution in [3.63, 3.8) is 0 Å². The number of primary amides is 1. The quantitative estimate of drug-likeness (QED) is 0.167. The molecule has 16 nitrogen and oxygen atoms in total. The van der Waals surface area contributed by atoms with Gasteiger partial charge in [0.1, 0.15) is 23.9 Å². The van der Waals surface area contributed by atoms with Crippen LogP contribution in [0.2, 0.25) is 0 Å². The van der Waals surface area contributed by atoms with Crippen LogP contribution in [-0.4, -0.2) is 87.7 Å². The fourth-order valence-electron chi connectivity index (χ4n) is 6.03. The van der Waals surface area contributed by atoms with Gasteiger partial charge in [-0.3, -0.25) is 38.4 Å². The molecule has 6 atom stereocenters. The third-order valence-corrected chi connectivity index (χ3v) is 9.15.